The summed E-state index contributed by atoms with van der Waals surface area (Å²) in [5.41, 5.74) is -0.657. The molecule has 0 saturated heterocycles. The fourth-order valence-corrected chi connectivity index (χ4v) is 2.39. The Morgan fingerprint density at radius 1 is 1.12 bits per heavy atom. The van der Waals surface area contributed by atoms with Crippen LogP contribution in [-0.2, 0) is 22.4 Å². The Labute approximate surface area is 146 Å². The van der Waals surface area contributed by atoms with Crippen LogP contribution in [0, 0.1) is 21.7 Å². The summed E-state index contributed by atoms with van der Waals surface area (Å²) in [7, 11) is 0. The maximum absolute atomic E-state index is 13.6. The summed E-state index contributed by atoms with van der Waals surface area (Å²) in [4.78, 5) is 33.7. The van der Waals surface area contributed by atoms with Crippen LogP contribution in [0.1, 0.15) is 11.1 Å². The predicted molar refractivity (Wildman–Crippen MR) is 86.4 cm³/mol. The maximum Gasteiger partial charge on any atom is 0.326 e. The van der Waals surface area contributed by atoms with Crippen LogP contribution in [-0.4, -0.2) is 27.9 Å². The number of benzene rings is 2. The molecule has 26 heavy (non-hydrogen) atoms. The lowest BCUT2D eigenvalue weighted by atomic mass is 10.0. The molecular weight excluding hydrogens is 350 g/mol. The zero-order chi connectivity index (χ0) is 19.3. The second-order valence-corrected chi connectivity index (χ2v) is 5.43. The van der Waals surface area contributed by atoms with Gasteiger partial charge >= 0.3 is 5.97 Å². The van der Waals surface area contributed by atoms with Crippen molar-refractivity contribution in [3.8, 4) is 0 Å². The van der Waals surface area contributed by atoms with E-state index in [1.165, 1.54) is 24.3 Å². The lowest BCUT2D eigenvalue weighted by Crippen LogP contribution is -2.43. The quantitative estimate of drug-likeness (QED) is 0.578. The largest absolute Gasteiger partial charge is 0.480 e. The van der Waals surface area contributed by atoms with Gasteiger partial charge in [0.25, 0.3) is 5.69 Å². The van der Waals surface area contributed by atoms with Gasteiger partial charge in [-0.2, -0.15) is 0 Å². The molecule has 0 spiro atoms. The van der Waals surface area contributed by atoms with Crippen LogP contribution in [0.15, 0.2) is 42.5 Å². The lowest BCUT2D eigenvalue weighted by Gasteiger charge is -2.15. The second-order valence-electron chi connectivity index (χ2n) is 5.43. The number of aliphatic carboxylic acids is 1. The summed E-state index contributed by atoms with van der Waals surface area (Å²) >= 11 is 0. The van der Waals surface area contributed by atoms with Gasteiger partial charge in [0.15, 0.2) is 0 Å². The standard InChI is InChI=1S/C17H14F2N2O5/c18-12-5-3-6-13(19)11(12)9-16(22)20-14(17(23)24)8-10-4-1-2-7-15(10)21(25)26/h1-7,14H,8-9H2,(H,20,22)(H,23,24)/t14-/m1/s1. The van der Waals surface area contributed by atoms with E-state index in [9.17, 15) is 33.6 Å². The van der Waals surface area contributed by atoms with Crippen molar-refractivity contribution in [3.63, 3.8) is 0 Å². The highest BCUT2D eigenvalue weighted by atomic mass is 19.1. The molecule has 0 bridgehead atoms. The van der Waals surface area contributed by atoms with Gasteiger partial charge in [-0.3, -0.25) is 14.9 Å². The molecule has 0 aliphatic carbocycles. The molecule has 1 amide bonds. The van der Waals surface area contributed by atoms with Crippen LogP contribution >= 0.6 is 0 Å². The number of nitro groups is 1. The molecule has 0 saturated carbocycles. The zero-order valence-corrected chi connectivity index (χ0v) is 13.3. The van der Waals surface area contributed by atoms with Crippen LogP contribution in [0.2, 0.25) is 0 Å². The molecule has 7 nitrogen and oxygen atoms in total. The topological polar surface area (TPSA) is 110 Å². The predicted octanol–water partition coefficient (Wildman–Crippen LogP) is 2.23. The Morgan fingerprint density at radius 3 is 2.31 bits per heavy atom. The van der Waals surface area contributed by atoms with Gasteiger partial charge in [0, 0.05) is 23.6 Å². The number of carboxylic acids is 1. The van der Waals surface area contributed by atoms with Crippen molar-refractivity contribution >= 4 is 17.6 Å². The highest BCUT2D eigenvalue weighted by molar-refractivity contribution is 5.85. The van der Waals surface area contributed by atoms with Crippen LogP contribution < -0.4 is 5.32 Å². The van der Waals surface area contributed by atoms with E-state index in [-0.39, 0.29) is 17.7 Å². The molecule has 0 aliphatic rings. The maximum atomic E-state index is 13.6. The number of para-hydroxylation sites is 1. The van der Waals surface area contributed by atoms with Gasteiger partial charge in [0.1, 0.15) is 17.7 Å². The van der Waals surface area contributed by atoms with Gasteiger partial charge < -0.3 is 10.4 Å². The molecule has 0 radical (unpaired) electrons. The third-order valence-electron chi connectivity index (χ3n) is 3.64. The molecule has 1 atom stereocenters. The van der Waals surface area contributed by atoms with Crippen molar-refractivity contribution in [2.75, 3.05) is 0 Å². The first-order chi connectivity index (χ1) is 12.3. The van der Waals surface area contributed by atoms with E-state index >= 15 is 0 Å². The number of carbonyl (C=O) groups excluding carboxylic acids is 1. The first-order valence-corrected chi connectivity index (χ1v) is 7.47. The third-order valence-corrected chi connectivity index (χ3v) is 3.64. The summed E-state index contributed by atoms with van der Waals surface area (Å²) in [6.07, 6.45) is -1.04. The second kappa shape index (κ2) is 8.15. The third kappa shape index (κ3) is 4.59. The van der Waals surface area contributed by atoms with E-state index in [2.05, 4.69) is 5.32 Å². The minimum Gasteiger partial charge on any atom is -0.480 e. The SMILES string of the molecule is O=C(Cc1c(F)cccc1F)N[C@H](Cc1ccccc1[N+](=O)[O-])C(=O)O. The highest BCUT2D eigenvalue weighted by Crippen LogP contribution is 2.19. The Bertz CT molecular complexity index is 837. The normalized spacial score (nSPS) is 11.6. The number of nitro benzene ring substituents is 1. The van der Waals surface area contributed by atoms with Crippen molar-refractivity contribution in [2.45, 2.75) is 18.9 Å². The molecule has 136 valence electrons. The molecule has 0 aliphatic heterocycles. The Kier molecular flexibility index (Phi) is 5.94. The molecule has 2 N–H and O–H groups in total. The van der Waals surface area contributed by atoms with E-state index in [1.54, 1.807) is 0 Å². The summed E-state index contributed by atoms with van der Waals surface area (Å²) in [6, 6.07) is 7.12. The highest BCUT2D eigenvalue weighted by Gasteiger charge is 2.25. The number of halogens is 2. The fourth-order valence-electron chi connectivity index (χ4n) is 2.39. The van der Waals surface area contributed by atoms with Crippen molar-refractivity contribution in [1.29, 1.82) is 0 Å². The Balaban J connectivity index is 2.15. The van der Waals surface area contributed by atoms with Gasteiger partial charge in [-0.15, -0.1) is 0 Å². The monoisotopic (exact) mass is 364 g/mol. The van der Waals surface area contributed by atoms with Crippen LogP contribution in [0.4, 0.5) is 14.5 Å². The van der Waals surface area contributed by atoms with Crippen molar-refractivity contribution in [3.05, 3.63) is 75.3 Å². The molecule has 2 aromatic carbocycles. The molecular formula is C17H14F2N2O5. The van der Waals surface area contributed by atoms with Crippen molar-refractivity contribution in [1.82, 2.24) is 5.32 Å². The fraction of sp³-hybridized carbons (Fsp3) is 0.176. The number of nitrogens with zero attached hydrogens (tertiary/aromatic N) is 1. The number of nitrogens with one attached hydrogen (secondary N) is 1. The van der Waals surface area contributed by atoms with Gasteiger partial charge in [-0.1, -0.05) is 24.3 Å². The molecule has 0 fully saturated rings. The zero-order valence-electron chi connectivity index (χ0n) is 13.3. The summed E-state index contributed by atoms with van der Waals surface area (Å²) in [5.74, 6) is -4.19. The van der Waals surface area contributed by atoms with Gasteiger partial charge in [-0.05, 0) is 12.1 Å². The van der Waals surface area contributed by atoms with E-state index in [1.807, 2.05) is 0 Å². The number of amides is 1. The van der Waals surface area contributed by atoms with E-state index in [0.717, 1.165) is 18.2 Å². The lowest BCUT2D eigenvalue weighted by molar-refractivity contribution is -0.385. The molecule has 0 aromatic heterocycles. The smallest absolute Gasteiger partial charge is 0.326 e. The first-order valence-electron chi connectivity index (χ1n) is 7.47. The van der Waals surface area contributed by atoms with E-state index in [0.29, 0.717) is 0 Å². The van der Waals surface area contributed by atoms with Gasteiger partial charge in [0.2, 0.25) is 5.91 Å². The van der Waals surface area contributed by atoms with E-state index < -0.39 is 46.5 Å². The first kappa shape index (κ1) is 19.0. The average molecular weight is 364 g/mol. The minimum atomic E-state index is -1.49. The molecule has 2 aromatic rings. The number of rotatable bonds is 7. The molecule has 0 unspecified atom stereocenters. The average Bonchev–Trinajstić information content (AvgIpc) is 2.58. The number of hydrogen-bond donors (Lipinski definition) is 2. The summed E-state index contributed by atoms with van der Waals surface area (Å²) < 4.78 is 27.2. The van der Waals surface area contributed by atoms with Crippen molar-refractivity contribution in [2.24, 2.45) is 0 Å². The van der Waals surface area contributed by atoms with Crippen LogP contribution in [0.25, 0.3) is 0 Å². The Hall–Kier alpha value is -3.36. The van der Waals surface area contributed by atoms with Crippen LogP contribution in [0.5, 0.6) is 0 Å². The Morgan fingerprint density at radius 2 is 1.73 bits per heavy atom. The molecule has 2 rings (SSSR count). The minimum absolute atomic E-state index is 0.113. The number of carbonyl (C=O) groups is 2. The van der Waals surface area contributed by atoms with E-state index in [4.69, 9.17) is 0 Å². The summed E-state index contributed by atoms with van der Waals surface area (Å²) in [5, 5.41) is 22.4. The van der Waals surface area contributed by atoms with Crippen LogP contribution in [0.3, 0.4) is 0 Å². The molecule has 9 heteroatoms. The summed E-state index contributed by atoms with van der Waals surface area (Å²) in [6.45, 7) is 0. The molecule has 0 heterocycles. The van der Waals surface area contributed by atoms with Crippen molar-refractivity contribution < 1.29 is 28.4 Å². The number of carboxylic acid groups (broad SMARTS) is 1. The van der Waals surface area contributed by atoms with Gasteiger partial charge in [-0.25, -0.2) is 13.6 Å². The number of hydrogen-bond acceptors (Lipinski definition) is 4. The van der Waals surface area contributed by atoms with Gasteiger partial charge in [0.05, 0.1) is 11.3 Å².